The van der Waals surface area contributed by atoms with Crippen LogP contribution in [0, 0.1) is 0 Å². The third-order valence-electron chi connectivity index (χ3n) is 3.61. The second kappa shape index (κ2) is 8.14. The lowest BCUT2D eigenvalue weighted by molar-refractivity contribution is 0.0996. The molecule has 2 aromatic carbocycles. The van der Waals surface area contributed by atoms with Crippen molar-refractivity contribution in [1.82, 2.24) is 4.72 Å². The van der Waals surface area contributed by atoms with Crippen LogP contribution >= 0.6 is 23.2 Å². The highest BCUT2D eigenvalue weighted by Crippen LogP contribution is 2.25. The Bertz CT molecular complexity index is 1050. The number of furan rings is 1. The average Bonchev–Trinajstić information content (AvgIpc) is 3.18. The summed E-state index contributed by atoms with van der Waals surface area (Å²) in [5, 5.41) is 3.04. The number of sulfonamides is 1. The molecule has 140 valence electrons. The van der Waals surface area contributed by atoms with Gasteiger partial charge in [0.15, 0.2) is 5.76 Å². The van der Waals surface area contributed by atoms with Gasteiger partial charge in [-0.15, -0.1) is 0 Å². The summed E-state index contributed by atoms with van der Waals surface area (Å²) in [7, 11) is -3.82. The summed E-state index contributed by atoms with van der Waals surface area (Å²) in [5.41, 5.74) is 1.26. The molecule has 0 saturated heterocycles. The molecule has 3 rings (SSSR count). The number of halogens is 2. The van der Waals surface area contributed by atoms with Gasteiger partial charge in [-0.25, -0.2) is 13.1 Å². The molecule has 27 heavy (non-hydrogen) atoms. The monoisotopic (exact) mass is 424 g/mol. The molecule has 0 aliphatic heterocycles. The van der Waals surface area contributed by atoms with Gasteiger partial charge in [-0.3, -0.25) is 4.79 Å². The molecule has 1 amide bonds. The fourth-order valence-corrected chi connectivity index (χ4v) is 4.02. The van der Waals surface area contributed by atoms with E-state index in [0.29, 0.717) is 11.3 Å². The molecular formula is C18H14Cl2N2O4S. The summed E-state index contributed by atoms with van der Waals surface area (Å²) < 4.78 is 32.3. The van der Waals surface area contributed by atoms with Gasteiger partial charge in [0.1, 0.15) is 4.90 Å². The SMILES string of the molecule is O=C(Nc1ccc(CNS(=O)(=O)c2cc(Cl)ccc2Cl)cc1)c1ccco1. The number of rotatable bonds is 6. The molecule has 0 unspecified atom stereocenters. The molecule has 1 aromatic heterocycles. The summed E-state index contributed by atoms with van der Waals surface area (Å²) in [6.07, 6.45) is 1.41. The van der Waals surface area contributed by atoms with E-state index in [9.17, 15) is 13.2 Å². The van der Waals surface area contributed by atoms with Crippen LogP contribution in [0.5, 0.6) is 0 Å². The van der Waals surface area contributed by atoms with Gasteiger partial charge in [-0.1, -0.05) is 35.3 Å². The molecule has 0 aliphatic rings. The zero-order valence-electron chi connectivity index (χ0n) is 13.8. The predicted octanol–water partition coefficient (Wildman–Crippen LogP) is 4.32. The van der Waals surface area contributed by atoms with E-state index in [1.807, 2.05) is 0 Å². The second-order valence-electron chi connectivity index (χ2n) is 5.53. The van der Waals surface area contributed by atoms with E-state index >= 15 is 0 Å². The van der Waals surface area contributed by atoms with Crippen LogP contribution < -0.4 is 10.0 Å². The molecule has 0 atom stereocenters. The Morgan fingerprint density at radius 1 is 1.04 bits per heavy atom. The number of anilines is 1. The van der Waals surface area contributed by atoms with Crippen molar-refractivity contribution < 1.29 is 17.6 Å². The molecule has 6 nitrogen and oxygen atoms in total. The van der Waals surface area contributed by atoms with Crippen LogP contribution in [0.2, 0.25) is 10.0 Å². The lowest BCUT2D eigenvalue weighted by atomic mass is 10.2. The van der Waals surface area contributed by atoms with Gasteiger partial charge in [0, 0.05) is 17.3 Å². The van der Waals surface area contributed by atoms with Crippen molar-refractivity contribution in [1.29, 1.82) is 0 Å². The van der Waals surface area contributed by atoms with E-state index in [1.54, 1.807) is 36.4 Å². The van der Waals surface area contributed by atoms with Crippen LogP contribution in [0.3, 0.4) is 0 Å². The molecule has 0 aliphatic carbocycles. The summed E-state index contributed by atoms with van der Waals surface area (Å²) >= 11 is 11.8. The summed E-state index contributed by atoms with van der Waals surface area (Å²) in [6.45, 7) is 0.0532. The number of amides is 1. The van der Waals surface area contributed by atoms with Crippen molar-refractivity contribution in [3.63, 3.8) is 0 Å². The first-order valence-corrected chi connectivity index (χ1v) is 9.97. The van der Waals surface area contributed by atoms with Crippen LogP contribution in [0.15, 0.2) is 70.2 Å². The molecule has 3 aromatic rings. The van der Waals surface area contributed by atoms with Gasteiger partial charge in [0.25, 0.3) is 5.91 Å². The first-order valence-electron chi connectivity index (χ1n) is 7.74. The minimum atomic E-state index is -3.82. The predicted molar refractivity (Wildman–Crippen MR) is 104 cm³/mol. The van der Waals surface area contributed by atoms with Crippen LogP contribution in [-0.2, 0) is 16.6 Å². The van der Waals surface area contributed by atoms with Gasteiger partial charge >= 0.3 is 0 Å². The molecule has 0 fully saturated rings. The van der Waals surface area contributed by atoms with E-state index in [1.165, 1.54) is 24.5 Å². The van der Waals surface area contributed by atoms with Crippen molar-refractivity contribution >= 4 is 44.8 Å². The first-order chi connectivity index (χ1) is 12.8. The molecule has 1 heterocycles. The average molecular weight is 425 g/mol. The Morgan fingerprint density at radius 2 is 1.78 bits per heavy atom. The number of hydrogen-bond donors (Lipinski definition) is 2. The van der Waals surface area contributed by atoms with Crippen LogP contribution in [-0.4, -0.2) is 14.3 Å². The second-order valence-corrected chi connectivity index (χ2v) is 8.11. The van der Waals surface area contributed by atoms with E-state index in [4.69, 9.17) is 27.6 Å². The molecule has 0 bridgehead atoms. The maximum absolute atomic E-state index is 12.4. The van der Waals surface area contributed by atoms with Gasteiger partial charge in [-0.05, 0) is 48.0 Å². The van der Waals surface area contributed by atoms with Gasteiger partial charge in [0.05, 0.1) is 11.3 Å². The van der Waals surface area contributed by atoms with E-state index in [0.717, 1.165) is 0 Å². The molecule has 0 radical (unpaired) electrons. The van der Waals surface area contributed by atoms with E-state index in [2.05, 4.69) is 10.0 Å². The Morgan fingerprint density at radius 3 is 2.44 bits per heavy atom. The minimum Gasteiger partial charge on any atom is -0.459 e. The van der Waals surface area contributed by atoms with Crippen molar-refractivity contribution in [2.45, 2.75) is 11.4 Å². The maximum Gasteiger partial charge on any atom is 0.291 e. The maximum atomic E-state index is 12.4. The zero-order valence-corrected chi connectivity index (χ0v) is 16.1. The lowest BCUT2D eigenvalue weighted by Crippen LogP contribution is -2.23. The fourth-order valence-electron chi connectivity index (χ4n) is 2.25. The minimum absolute atomic E-state index is 0.0532. The lowest BCUT2D eigenvalue weighted by Gasteiger charge is -2.09. The normalized spacial score (nSPS) is 11.3. The highest BCUT2D eigenvalue weighted by atomic mass is 35.5. The van der Waals surface area contributed by atoms with Crippen molar-refractivity contribution in [3.8, 4) is 0 Å². The summed E-state index contributed by atoms with van der Waals surface area (Å²) in [4.78, 5) is 11.8. The van der Waals surface area contributed by atoms with Crippen molar-refractivity contribution in [2.75, 3.05) is 5.32 Å². The molecular weight excluding hydrogens is 411 g/mol. The molecule has 2 N–H and O–H groups in total. The summed E-state index contributed by atoms with van der Waals surface area (Å²) in [5.74, 6) is -0.172. The zero-order chi connectivity index (χ0) is 19.4. The third kappa shape index (κ3) is 4.90. The fraction of sp³-hybridized carbons (Fsp3) is 0.0556. The van der Waals surface area contributed by atoms with Crippen LogP contribution in [0.25, 0.3) is 0 Å². The first kappa shape index (κ1) is 19.4. The van der Waals surface area contributed by atoms with Crippen molar-refractivity contribution in [2.24, 2.45) is 0 Å². The van der Waals surface area contributed by atoms with Crippen LogP contribution in [0.4, 0.5) is 5.69 Å². The van der Waals surface area contributed by atoms with Crippen LogP contribution in [0.1, 0.15) is 16.1 Å². The number of nitrogens with one attached hydrogen (secondary N) is 2. The quantitative estimate of drug-likeness (QED) is 0.616. The standard InChI is InChI=1S/C18H14Cl2N2O4S/c19-13-5-8-15(20)17(10-13)27(24,25)21-11-12-3-6-14(7-4-12)22-18(23)16-2-1-9-26-16/h1-10,21H,11H2,(H,22,23). The highest BCUT2D eigenvalue weighted by Gasteiger charge is 2.18. The largest absolute Gasteiger partial charge is 0.459 e. The number of carbonyl (C=O) groups excluding carboxylic acids is 1. The number of hydrogen-bond acceptors (Lipinski definition) is 4. The molecule has 0 saturated carbocycles. The molecule has 0 spiro atoms. The topological polar surface area (TPSA) is 88.4 Å². The van der Waals surface area contributed by atoms with Gasteiger partial charge < -0.3 is 9.73 Å². The Balaban J connectivity index is 1.64. The van der Waals surface area contributed by atoms with E-state index < -0.39 is 10.0 Å². The highest BCUT2D eigenvalue weighted by molar-refractivity contribution is 7.89. The van der Waals surface area contributed by atoms with Gasteiger partial charge in [-0.2, -0.15) is 0 Å². The van der Waals surface area contributed by atoms with E-state index in [-0.39, 0.29) is 33.2 Å². The Kier molecular flexibility index (Phi) is 5.86. The number of benzene rings is 2. The Hall–Kier alpha value is -2.32. The molecule has 9 heteroatoms. The third-order valence-corrected chi connectivity index (χ3v) is 5.72. The summed E-state index contributed by atoms with van der Waals surface area (Å²) in [6, 6.07) is 14.1. The smallest absolute Gasteiger partial charge is 0.291 e. The van der Waals surface area contributed by atoms with Gasteiger partial charge in [0.2, 0.25) is 10.0 Å². The number of carbonyl (C=O) groups is 1. The Labute approximate surface area is 166 Å². The van der Waals surface area contributed by atoms with Crippen molar-refractivity contribution in [3.05, 3.63) is 82.2 Å².